The van der Waals surface area contributed by atoms with Gasteiger partial charge in [0.05, 0.1) is 0 Å². The van der Waals surface area contributed by atoms with E-state index < -0.39 is 0 Å². The second-order valence-electron chi connectivity index (χ2n) is 6.34. The fourth-order valence-electron chi connectivity index (χ4n) is 2.99. The van der Waals surface area contributed by atoms with Crippen molar-refractivity contribution in [1.82, 2.24) is 40.0 Å². The Bertz CT molecular complexity index is 1210. The Morgan fingerprint density at radius 2 is 1.86 bits per heavy atom. The number of tetrazole rings is 1. The van der Waals surface area contributed by atoms with Crippen LogP contribution in [0.15, 0.2) is 70.2 Å². The predicted molar refractivity (Wildman–Crippen MR) is 110 cm³/mol. The van der Waals surface area contributed by atoms with Crippen LogP contribution in [0.1, 0.15) is 16.3 Å². The molecule has 0 unspecified atom stereocenters. The van der Waals surface area contributed by atoms with Gasteiger partial charge in [-0.2, -0.15) is 0 Å². The topological polar surface area (TPSA) is 86.7 Å². The summed E-state index contributed by atoms with van der Waals surface area (Å²) in [4.78, 5) is 1.27. The van der Waals surface area contributed by atoms with Crippen molar-refractivity contribution in [1.29, 1.82) is 0 Å². The van der Waals surface area contributed by atoms with Crippen molar-refractivity contribution in [3.05, 3.63) is 76.2 Å². The lowest BCUT2D eigenvalue weighted by Crippen LogP contribution is -2.08. The van der Waals surface area contributed by atoms with Crippen molar-refractivity contribution in [3.63, 3.8) is 0 Å². The quantitative estimate of drug-likeness (QED) is 0.400. The molecule has 0 aliphatic rings. The highest BCUT2D eigenvalue weighted by atomic mass is 32.2. The molecule has 4 aromatic heterocycles. The van der Waals surface area contributed by atoms with Crippen molar-refractivity contribution in [2.45, 2.75) is 29.6 Å². The number of rotatable bonds is 7. The normalized spacial score (nSPS) is 11.3. The molecule has 144 valence electrons. The third kappa shape index (κ3) is 4.03. The lowest BCUT2D eigenvalue weighted by atomic mass is 10.1. The molecule has 10 heteroatoms. The van der Waals surface area contributed by atoms with Crippen LogP contribution in [0.4, 0.5) is 0 Å². The third-order valence-electron chi connectivity index (χ3n) is 4.41. The Balaban J connectivity index is 1.43. The summed E-state index contributed by atoms with van der Waals surface area (Å²) in [5, 5.41) is 28.4. The molecular weight excluding hydrogens is 404 g/mol. The lowest BCUT2D eigenvalue weighted by molar-refractivity contribution is 0.609. The summed E-state index contributed by atoms with van der Waals surface area (Å²) >= 11 is 3.20. The smallest absolute Gasteiger partial charge is 0.200 e. The first kappa shape index (κ1) is 18.0. The highest BCUT2D eigenvalue weighted by Crippen LogP contribution is 2.26. The van der Waals surface area contributed by atoms with Gasteiger partial charge in [0.15, 0.2) is 10.8 Å². The SMILES string of the molecule is c1ccc(CCn2c(Cc3cccs3)nnc2Sc2ccc3nnnn3n2)cc1. The minimum Gasteiger partial charge on any atom is -0.305 e. The largest absolute Gasteiger partial charge is 0.305 e. The molecule has 0 aliphatic heterocycles. The number of aromatic nitrogens is 8. The van der Waals surface area contributed by atoms with Gasteiger partial charge in [0.25, 0.3) is 0 Å². The molecule has 0 spiro atoms. The molecule has 29 heavy (non-hydrogen) atoms. The molecule has 8 nitrogen and oxygen atoms in total. The van der Waals surface area contributed by atoms with Gasteiger partial charge in [-0.25, -0.2) is 0 Å². The molecule has 0 saturated carbocycles. The van der Waals surface area contributed by atoms with Gasteiger partial charge < -0.3 is 4.57 Å². The fourth-order valence-corrected chi connectivity index (χ4v) is 4.52. The van der Waals surface area contributed by atoms with Gasteiger partial charge >= 0.3 is 0 Å². The molecule has 0 bridgehead atoms. The van der Waals surface area contributed by atoms with E-state index in [4.69, 9.17) is 0 Å². The maximum Gasteiger partial charge on any atom is 0.200 e. The summed E-state index contributed by atoms with van der Waals surface area (Å²) in [6.45, 7) is 0.799. The molecule has 0 amide bonds. The number of hydrogen-bond acceptors (Lipinski definition) is 8. The monoisotopic (exact) mass is 420 g/mol. The van der Waals surface area contributed by atoms with Crippen LogP contribution >= 0.6 is 23.1 Å². The Morgan fingerprint density at radius 1 is 0.931 bits per heavy atom. The average Bonchev–Trinajstić information content (AvgIpc) is 3.50. The van der Waals surface area contributed by atoms with Crippen molar-refractivity contribution in [3.8, 4) is 0 Å². The first-order valence-electron chi connectivity index (χ1n) is 9.07. The Labute approximate surface area is 174 Å². The van der Waals surface area contributed by atoms with Crippen LogP contribution in [-0.4, -0.2) is 40.0 Å². The van der Waals surface area contributed by atoms with Crippen LogP contribution in [0.3, 0.4) is 0 Å². The van der Waals surface area contributed by atoms with Gasteiger partial charge in [-0.05, 0) is 57.8 Å². The molecule has 5 aromatic rings. The molecule has 0 aliphatic carbocycles. The summed E-state index contributed by atoms with van der Waals surface area (Å²) in [7, 11) is 0. The Kier molecular flexibility index (Phi) is 5.01. The van der Waals surface area contributed by atoms with E-state index in [0.29, 0.717) is 5.65 Å². The fraction of sp³-hybridized carbons (Fsp3) is 0.158. The zero-order valence-corrected chi connectivity index (χ0v) is 16.9. The molecule has 0 N–H and O–H groups in total. The van der Waals surface area contributed by atoms with E-state index in [0.717, 1.165) is 35.4 Å². The molecule has 0 radical (unpaired) electrons. The number of hydrogen-bond donors (Lipinski definition) is 0. The number of benzene rings is 1. The summed E-state index contributed by atoms with van der Waals surface area (Å²) in [6.07, 6.45) is 1.67. The summed E-state index contributed by atoms with van der Waals surface area (Å²) in [5.74, 6) is 0.953. The van der Waals surface area contributed by atoms with Crippen LogP contribution in [0.5, 0.6) is 0 Å². The molecule has 1 aromatic carbocycles. The molecule has 0 saturated heterocycles. The maximum absolute atomic E-state index is 4.48. The summed E-state index contributed by atoms with van der Waals surface area (Å²) in [5.41, 5.74) is 1.89. The first-order valence-corrected chi connectivity index (χ1v) is 10.8. The Morgan fingerprint density at radius 3 is 2.72 bits per heavy atom. The van der Waals surface area contributed by atoms with E-state index in [1.54, 1.807) is 11.3 Å². The minimum atomic E-state index is 0.610. The number of aryl methyl sites for hydroxylation is 1. The van der Waals surface area contributed by atoms with Gasteiger partial charge in [0.2, 0.25) is 0 Å². The van der Waals surface area contributed by atoms with E-state index >= 15 is 0 Å². The second-order valence-corrected chi connectivity index (χ2v) is 8.36. The van der Waals surface area contributed by atoms with Crippen LogP contribution in [-0.2, 0) is 19.4 Å². The highest BCUT2D eigenvalue weighted by Gasteiger charge is 2.16. The second kappa shape index (κ2) is 8.10. The van der Waals surface area contributed by atoms with Crippen molar-refractivity contribution in [2.24, 2.45) is 0 Å². The van der Waals surface area contributed by atoms with Gasteiger partial charge in [-0.3, -0.25) is 0 Å². The van der Waals surface area contributed by atoms with E-state index in [-0.39, 0.29) is 0 Å². The third-order valence-corrected chi connectivity index (χ3v) is 6.20. The Hall–Kier alpha value is -3.11. The molecular formula is C19H16N8S2. The molecule has 5 rings (SSSR count). The van der Waals surface area contributed by atoms with Crippen molar-refractivity contribution >= 4 is 28.7 Å². The highest BCUT2D eigenvalue weighted by molar-refractivity contribution is 7.99. The zero-order chi connectivity index (χ0) is 19.5. The minimum absolute atomic E-state index is 0.610. The van der Waals surface area contributed by atoms with Gasteiger partial charge in [0, 0.05) is 17.8 Å². The lowest BCUT2D eigenvalue weighted by Gasteiger charge is -2.10. The average molecular weight is 421 g/mol. The first-order chi connectivity index (χ1) is 14.3. The van der Waals surface area contributed by atoms with Gasteiger partial charge in [-0.15, -0.1) is 36.4 Å². The van der Waals surface area contributed by atoms with Gasteiger partial charge in [0.1, 0.15) is 10.9 Å². The number of thiophene rings is 1. The van der Waals surface area contributed by atoms with E-state index in [1.807, 2.05) is 18.2 Å². The van der Waals surface area contributed by atoms with Crippen LogP contribution < -0.4 is 0 Å². The van der Waals surface area contributed by atoms with Crippen LogP contribution in [0.2, 0.25) is 0 Å². The van der Waals surface area contributed by atoms with Gasteiger partial charge in [-0.1, -0.05) is 36.4 Å². The predicted octanol–water partition coefficient (Wildman–Crippen LogP) is 3.16. The van der Waals surface area contributed by atoms with Crippen molar-refractivity contribution < 1.29 is 0 Å². The number of fused-ring (bicyclic) bond motifs is 1. The van der Waals surface area contributed by atoms with E-state index in [9.17, 15) is 0 Å². The number of nitrogens with zero attached hydrogens (tertiary/aromatic N) is 8. The summed E-state index contributed by atoms with van der Waals surface area (Å²) < 4.78 is 3.60. The maximum atomic E-state index is 4.48. The van der Waals surface area contributed by atoms with Crippen molar-refractivity contribution in [2.75, 3.05) is 0 Å². The van der Waals surface area contributed by atoms with E-state index in [2.05, 4.69) is 77.2 Å². The van der Waals surface area contributed by atoms with E-state index in [1.165, 1.54) is 26.8 Å². The zero-order valence-electron chi connectivity index (χ0n) is 15.3. The summed E-state index contributed by atoms with van der Waals surface area (Å²) in [6, 6.07) is 18.4. The molecule has 0 atom stereocenters. The van der Waals surface area contributed by atoms with Crippen LogP contribution in [0, 0.1) is 0 Å². The van der Waals surface area contributed by atoms with Crippen LogP contribution in [0.25, 0.3) is 5.65 Å². The molecule has 0 fully saturated rings. The standard InChI is InChI=1S/C19H16N8S2/c1-2-5-14(6-3-1)10-11-26-17(13-15-7-4-12-28-15)20-22-19(26)29-18-9-8-16-21-24-25-27(16)23-18/h1-9,12H,10-11,13H2. The molecule has 4 heterocycles.